The molecule has 1 saturated heterocycles. The van der Waals surface area contributed by atoms with E-state index in [0.717, 1.165) is 12.5 Å². The maximum atomic E-state index is 13.0. The zero-order chi connectivity index (χ0) is 18.7. The molecule has 0 atom stereocenters. The minimum absolute atomic E-state index is 0.220. The first kappa shape index (κ1) is 18.2. The third kappa shape index (κ3) is 4.16. The van der Waals surface area contributed by atoms with Crippen LogP contribution in [0.2, 0.25) is 5.02 Å². The molecule has 0 aliphatic carbocycles. The van der Waals surface area contributed by atoms with Gasteiger partial charge in [0.1, 0.15) is 5.82 Å². The molecule has 10 heteroatoms. The van der Waals surface area contributed by atoms with Gasteiger partial charge in [-0.25, -0.2) is 4.98 Å². The number of carbonyl (C=O) groups excluding carboxylic acids is 1. The van der Waals surface area contributed by atoms with Crippen molar-refractivity contribution >= 4 is 35.5 Å². The highest BCUT2D eigenvalue weighted by Gasteiger charge is 2.33. The predicted molar refractivity (Wildman–Crippen MR) is 91.6 cm³/mol. The van der Waals surface area contributed by atoms with Gasteiger partial charge < -0.3 is 15.1 Å². The van der Waals surface area contributed by atoms with Gasteiger partial charge in [-0.15, -0.1) is 0 Å². The van der Waals surface area contributed by atoms with Crippen LogP contribution in [0.3, 0.4) is 0 Å². The van der Waals surface area contributed by atoms with Crippen LogP contribution in [0, 0.1) is 0 Å². The molecule has 1 N–H and O–H groups in total. The Morgan fingerprint density at radius 1 is 1.15 bits per heavy atom. The van der Waals surface area contributed by atoms with Crippen LogP contribution in [0.15, 0.2) is 30.5 Å². The number of alkyl halides is 3. The van der Waals surface area contributed by atoms with Crippen LogP contribution < -0.4 is 10.2 Å². The number of nitrogens with zero attached hydrogens (tertiary/aromatic N) is 4. The molecule has 6 nitrogen and oxygen atoms in total. The molecule has 1 aromatic heterocycles. The third-order valence-corrected chi connectivity index (χ3v) is 4.26. The summed E-state index contributed by atoms with van der Waals surface area (Å²) in [5.74, 6) is 0.814. The smallest absolute Gasteiger partial charge is 0.342 e. The van der Waals surface area contributed by atoms with Gasteiger partial charge in [-0.1, -0.05) is 11.6 Å². The lowest BCUT2D eigenvalue weighted by atomic mass is 10.2. The van der Waals surface area contributed by atoms with Crippen LogP contribution >= 0.6 is 11.6 Å². The Kier molecular flexibility index (Phi) is 5.17. The second kappa shape index (κ2) is 7.36. The van der Waals surface area contributed by atoms with E-state index in [9.17, 15) is 18.0 Å². The van der Waals surface area contributed by atoms with E-state index < -0.39 is 11.7 Å². The number of halogens is 4. The number of hydrogen-bond acceptors (Lipinski definition) is 5. The van der Waals surface area contributed by atoms with E-state index in [2.05, 4.69) is 15.3 Å². The first-order valence-corrected chi connectivity index (χ1v) is 8.16. The van der Waals surface area contributed by atoms with Gasteiger partial charge in [0.25, 0.3) is 0 Å². The van der Waals surface area contributed by atoms with Crippen molar-refractivity contribution in [3.05, 3.63) is 41.0 Å². The zero-order valence-corrected chi connectivity index (χ0v) is 14.3. The van der Waals surface area contributed by atoms with Crippen molar-refractivity contribution in [3.8, 4) is 0 Å². The molecule has 1 aliphatic heterocycles. The summed E-state index contributed by atoms with van der Waals surface area (Å²) in [6.45, 7) is 2.30. The van der Waals surface area contributed by atoms with Gasteiger partial charge in [0.15, 0.2) is 0 Å². The average Bonchev–Trinajstić information content (AvgIpc) is 2.63. The molecule has 1 aromatic carbocycles. The molecule has 2 aromatic rings. The minimum Gasteiger partial charge on any atom is -0.342 e. The van der Waals surface area contributed by atoms with Crippen LogP contribution in [0.4, 0.5) is 30.6 Å². The number of anilines is 3. The Balaban J connectivity index is 1.76. The van der Waals surface area contributed by atoms with Crippen molar-refractivity contribution < 1.29 is 18.0 Å². The molecular weight excluding hydrogens is 371 g/mol. The van der Waals surface area contributed by atoms with Gasteiger partial charge in [-0.2, -0.15) is 18.2 Å². The monoisotopic (exact) mass is 385 g/mol. The summed E-state index contributed by atoms with van der Waals surface area (Å²) in [5.41, 5.74) is -0.694. The fraction of sp³-hybridized carbons (Fsp3) is 0.312. The number of benzene rings is 1. The quantitative estimate of drug-likeness (QED) is 0.819. The summed E-state index contributed by atoms with van der Waals surface area (Å²) in [4.78, 5) is 22.9. The van der Waals surface area contributed by atoms with E-state index in [1.165, 1.54) is 18.3 Å². The first-order valence-electron chi connectivity index (χ1n) is 7.78. The average molecular weight is 386 g/mol. The van der Waals surface area contributed by atoms with Gasteiger partial charge in [-0.05, 0) is 24.3 Å². The largest absolute Gasteiger partial charge is 0.417 e. The molecule has 0 bridgehead atoms. The second-order valence-electron chi connectivity index (χ2n) is 5.69. The summed E-state index contributed by atoms with van der Waals surface area (Å²) in [6, 6.07) is 5.13. The molecule has 1 aliphatic rings. The molecule has 1 fully saturated rings. The number of rotatable bonds is 4. The van der Waals surface area contributed by atoms with E-state index in [1.54, 1.807) is 11.0 Å². The van der Waals surface area contributed by atoms with Gasteiger partial charge in [0.05, 0.1) is 10.6 Å². The Morgan fingerprint density at radius 2 is 1.88 bits per heavy atom. The number of nitrogens with one attached hydrogen (secondary N) is 1. The van der Waals surface area contributed by atoms with Crippen LogP contribution in [0.1, 0.15) is 5.56 Å². The van der Waals surface area contributed by atoms with Crippen LogP contribution in [0.25, 0.3) is 0 Å². The molecule has 0 spiro atoms. The highest BCUT2D eigenvalue weighted by atomic mass is 35.5. The lowest BCUT2D eigenvalue weighted by molar-refractivity contribution is -0.137. The molecule has 3 rings (SSSR count). The van der Waals surface area contributed by atoms with Crippen LogP contribution in [0.5, 0.6) is 0 Å². The fourth-order valence-electron chi connectivity index (χ4n) is 2.57. The summed E-state index contributed by atoms with van der Waals surface area (Å²) < 4.78 is 38.9. The van der Waals surface area contributed by atoms with Crippen LogP contribution in [-0.4, -0.2) is 47.5 Å². The van der Waals surface area contributed by atoms with Gasteiger partial charge >= 0.3 is 6.18 Å². The number of aromatic nitrogens is 2. The van der Waals surface area contributed by atoms with E-state index in [4.69, 9.17) is 11.6 Å². The lowest BCUT2D eigenvalue weighted by Crippen LogP contribution is -2.46. The van der Waals surface area contributed by atoms with Crippen LogP contribution in [-0.2, 0) is 11.0 Å². The second-order valence-corrected chi connectivity index (χ2v) is 6.09. The molecule has 0 unspecified atom stereocenters. The number of amides is 1. The summed E-state index contributed by atoms with van der Waals surface area (Å²) in [7, 11) is 0. The molecule has 138 valence electrons. The maximum Gasteiger partial charge on any atom is 0.417 e. The molecule has 26 heavy (non-hydrogen) atoms. The third-order valence-electron chi connectivity index (χ3n) is 3.93. The maximum absolute atomic E-state index is 13.0. The van der Waals surface area contributed by atoms with Crippen molar-refractivity contribution in [2.75, 3.05) is 36.4 Å². The Morgan fingerprint density at radius 3 is 2.54 bits per heavy atom. The Bertz CT molecular complexity index is 794. The molecule has 0 radical (unpaired) electrons. The van der Waals surface area contributed by atoms with E-state index in [0.29, 0.717) is 37.9 Å². The summed E-state index contributed by atoms with van der Waals surface area (Å²) >= 11 is 5.63. The lowest BCUT2D eigenvalue weighted by Gasteiger charge is -2.32. The minimum atomic E-state index is -4.54. The van der Waals surface area contributed by atoms with Gasteiger partial charge in [0.2, 0.25) is 12.4 Å². The fourth-order valence-corrected chi connectivity index (χ4v) is 2.79. The standard InChI is InChI=1S/C16H15ClF3N5O/c17-13-2-1-11(9-12(13)16(18,19)20)22-14-3-4-21-15(23-14)25-7-5-24(10-26)6-8-25/h1-4,9-10H,5-8H2,(H,21,22,23). The van der Waals surface area contributed by atoms with Crippen molar-refractivity contribution in [1.82, 2.24) is 14.9 Å². The highest BCUT2D eigenvalue weighted by molar-refractivity contribution is 6.31. The molecular formula is C16H15ClF3N5O. The molecule has 2 heterocycles. The van der Waals surface area contributed by atoms with Gasteiger partial charge in [-0.3, -0.25) is 4.79 Å². The highest BCUT2D eigenvalue weighted by Crippen LogP contribution is 2.36. The molecule has 1 amide bonds. The molecule has 0 saturated carbocycles. The zero-order valence-electron chi connectivity index (χ0n) is 13.5. The van der Waals surface area contributed by atoms with E-state index in [-0.39, 0.29) is 10.7 Å². The topological polar surface area (TPSA) is 61.4 Å². The van der Waals surface area contributed by atoms with Crippen molar-refractivity contribution in [2.24, 2.45) is 0 Å². The number of carbonyl (C=O) groups is 1. The first-order chi connectivity index (χ1) is 12.4. The number of piperazine rings is 1. The van der Waals surface area contributed by atoms with Crippen molar-refractivity contribution in [1.29, 1.82) is 0 Å². The SMILES string of the molecule is O=CN1CCN(c2nccc(Nc3ccc(Cl)c(C(F)(F)F)c3)n2)CC1. The summed E-state index contributed by atoms with van der Waals surface area (Å²) in [5, 5.41) is 2.48. The van der Waals surface area contributed by atoms with Crippen molar-refractivity contribution in [3.63, 3.8) is 0 Å². The number of hydrogen-bond donors (Lipinski definition) is 1. The Hall–Kier alpha value is -2.55. The summed E-state index contributed by atoms with van der Waals surface area (Å²) in [6.07, 6.45) is -2.21. The van der Waals surface area contributed by atoms with Gasteiger partial charge in [0, 0.05) is 38.1 Å². The van der Waals surface area contributed by atoms with E-state index >= 15 is 0 Å². The normalized spacial score (nSPS) is 15.1. The predicted octanol–water partition coefficient (Wildman–Crippen LogP) is 3.17. The Labute approximate surface area is 152 Å². The van der Waals surface area contributed by atoms with E-state index in [1.807, 2.05) is 4.90 Å². The van der Waals surface area contributed by atoms with Crippen molar-refractivity contribution in [2.45, 2.75) is 6.18 Å².